The first kappa shape index (κ1) is 20.8. The zero-order valence-electron chi connectivity index (χ0n) is 15.0. The maximum atomic E-state index is 12.8. The van der Waals surface area contributed by atoms with Crippen LogP contribution in [0.4, 0.5) is 14.5 Å². The van der Waals surface area contributed by atoms with Gasteiger partial charge in [-0.3, -0.25) is 19.9 Å². The van der Waals surface area contributed by atoms with E-state index in [0.29, 0.717) is 10.4 Å². The van der Waals surface area contributed by atoms with Crippen LogP contribution in [0.2, 0.25) is 5.02 Å². The average Bonchev–Trinajstić information content (AvgIpc) is 3.26. The number of carbonyl (C=O) groups excluding carboxylic acids is 2. The van der Waals surface area contributed by atoms with E-state index in [1.54, 1.807) is 25.4 Å². The van der Waals surface area contributed by atoms with Crippen molar-refractivity contribution in [2.45, 2.75) is 13.5 Å². The molecule has 1 aliphatic heterocycles. The maximum Gasteiger partial charge on any atom is 0.387 e. The van der Waals surface area contributed by atoms with Crippen LogP contribution in [0, 0.1) is 6.92 Å². The molecule has 154 valence electrons. The van der Waals surface area contributed by atoms with Crippen molar-refractivity contribution >= 4 is 46.4 Å². The molecule has 0 unspecified atom stereocenters. The van der Waals surface area contributed by atoms with Crippen LogP contribution in [0.5, 0.6) is 5.75 Å². The summed E-state index contributed by atoms with van der Waals surface area (Å²) in [5.74, 6) is -1.46. The summed E-state index contributed by atoms with van der Waals surface area (Å²) in [6, 6.07) is 4.07. The second-order valence-corrected chi connectivity index (χ2v) is 7.03. The van der Waals surface area contributed by atoms with Crippen molar-refractivity contribution < 1.29 is 23.1 Å². The molecule has 0 spiro atoms. The van der Waals surface area contributed by atoms with E-state index >= 15 is 0 Å². The molecule has 29 heavy (non-hydrogen) atoms. The Hall–Kier alpha value is -2.96. The van der Waals surface area contributed by atoms with E-state index in [9.17, 15) is 18.4 Å². The van der Waals surface area contributed by atoms with E-state index in [1.807, 2.05) is 0 Å². The number of nitrogens with one attached hydrogen (secondary N) is 4. The van der Waals surface area contributed by atoms with Crippen molar-refractivity contribution in [2.24, 2.45) is 5.10 Å². The van der Waals surface area contributed by atoms with Crippen LogP contribution in [-0.2, 0) is 0 Å². The second-order valence-electron chi connectivity index (χ2n) is 5.74. The van der Waals surface area contributed by atoms with Gasteiger partial charge < -0.3 is 10.1 Å². The minimum absolute atomic E-state index is 0.0746. The molecule has 1 aliphatic rings. The molecule has 9 nitrogen and oxygen atoms in total. The summed E-state index contributed by atoms with van der Waals surface area (Å²) in [6.45, 7) is -1.42. The standard InChI is InChI=1S/C16H15ClF2N6O3S/c1-7-5-6-29-12(7)14(27)20-11-9(28-15(18)19)4-3-8(10(11)17)13(26)21-16-22-23-24-25(16)2/h3-6,15,23-24H,1-2H3,(H,20,27)(H,21,22,26). The van der Waals surface area contributed by atoms with Crippen molar-refractivity contribution in [1.29, 1.82) is 0 Å². The molecule has 2 heterocycles. The third-order valence-electron chi connectivity index (χ3n) is 3.79. The lowest BCUT2D eigenvalue weighted by atomic mass is 10.1. The molecule has 1 aromatic heterocycles. The molecular weight excluding hydrogens is 430 g/mol. The van der Waals surface area contributed by atoms with Gasteiger partial charge in [-0.25, -0.2) is 5.53 Å². The van der Waals surface area contributed by atoms with Gasteiger partial charge in [-0.1, -0.05) is 11.6 Å². The Balaban J connectivity index is 1.93. The van der Waals surface area contributed by atoms with Gasteiger partial charge in [0.1, 0.15) is 5.69 Å². The summed E-state index contributed by atoms with van der Waals surface area (Å²) in [7, 11) is 1.59. The summed E-state index contributed by atoms with van der Waals surface area (Å²) in [6.07, 6.45) is 0. The van der Waals surface area contributed by atoms with Crippen molar-refractivity contribution in [3.63, 3.8) is 0 Å². The predicted molar refractivity (Wildman–Crippen MR) is 104 cm³/mol. The van der Waals surface area contributed by atoms with Crippen molar-refractivity contribution in [3.05, 3.63) is 44.6 Å². The quantitative estimate of drug-likeness (QED) is 0.564. The average molecular weight is 445 g/mol. The summed E-state index contributed by atoms with van der Waals surface area (Å²) >= 11 is 7.45. The van der Waals surface area contributed by atoms with Crippen molar-refractivity contribution in [1.82, 2.24) is 21.4 Å². The number of rotatable bonds is 5. The molecule has 2 aromatic rings. The number of amides is 2. The van der Waals surface area contributed by atoms with Crippen LogP contribution in [-0.4, -0.2) is 36.4 Å². The van der Waals surface area contributed by atoms with E-state index < -0.39 is 18.4 Å². The first-order valence-corrected chi connectivity index (χ1v) is 9.30. The molecule has 0 aliphatic carbocycles. The SMILES string of the molecule is Cc1ccsc1C(=O)Nc1c(OC(F)F)ccc(C(=O)NC2=NNNN2C)c1Cl. The summed E-state index contributed by atoms with van der Waals surface area (Å²) in [4.78, 5) is 25.5. The fourth-order valence-electron chi connectivity index (χ4n) is 2.38. The Morgan fingerprint density at radius 2 is 2.03 bits per heavy atom. The number of hydrogen-bond acceptors (Lipinski definition) is 8. The lowest BCUT2D eigenvalue weighted by Crippen LogP contribution is -2.45. The van der Waals surface area contributed by atoms with Crippen LogP contribution >= 0.6 is 22.9 Å². The highest BCUT2D eigenvalue weighted by Crippen LogP contribution is 2.37. The number of hydrazone groups is 1. The number of ether oxygens (including phenoxy) is 1. The molecule has 0 radical (unpaired) electrons. The zero-order valence-corrected chi connectivity index (χ0v) is 16.6. The molecule has 0 atom stereocenters. The minimum Gasteiger partial charge on any atom is -0.433 e. The molecule has 4 N–H and O–H groups in total. The zero-order chi connectivity index (χ0) is 21.1. The van der Waals surface area contributed by atoms with Gasteiger partial charge in [0.15, 0.2) is 5.75 Å². The summed E-state index contributed by atoms with van der Waals surface area (Å²) < 4.78 is 30.0. The van der Waals surface area contributed by atoms with Gasteiger partial charge >= 0.3 is 6.61 Å². The number of thiophene rings is 1. The van der Waals surface area contributed by atoms with Crippen LogP contribution in [0.1, 0.15) is 25.6 Å². The number of nitrogens with zero attached hydrogens (tertiary/aromatic N) is 2. The van der Waals surface area contributed by atoms with Gasteiger partial charge in [-0.15, -0.1) is 22.0 Å². The van der Waals surface area contributed by atoms with Gasteiger partial charge in [-0.05, 0) is 36.1 Å². The Morgan fingerprint density at radius 1 is 1.28 bits per heavy atom. The second kappa shape index (κ2) is 8.59. The number of guanidine groups is 1. The van der Waals surface area contributed by atoms with E-state index in [2.05, 4.69) is 31.5 Å². The van der Waals surface area contributed by atoms with E-state index in [0.717, 1.165) is 6.07 Å². The van der Waals surface area contributed by atoms with Gasteiger partial charge in [0, 0.05) is 7.05 Å². The highest BCUT2D eigenvalue weighted by atomic mass is 35.5. The summed E-state index contributed by atoms with van der Waals surface area (Å²) in [5, 5.41) is 11.6. The molecule has 0 fully saturated rings. The Morgan fingerprint density at radius 3 is 2.62 bits per heavy atom. The molecule has 0 bridgehead atoms. The molecule has 13 heteroatoms. The number of alkyl halides is 2. The molecular formula is C16H15ClF2N6O3S. The van der Waals surface area contributed by atoms with Crippen molar-refractivity contribution in [3.8, 4) is 5.75 Å². The maximum absolute atomic E-state index is 12.8. The monoisotopic (exact) mass is 444 g/mol. The van der Waals surface area contributed by atoms with E-state index in [-0.39, 0.29) is 28.0 Å². The van der Waals surface area contributed by atoms with Crippen LogP contribution in [0.25, 0.3) is 0 Å². The smallest absolute Gasteiger partial charge is 0.387 e. The van der Waals surface area contributed by atoms with E-state index in [1.165, 1.54) is 22.4 Å². The first-order chi connectivity index (χ1) is 13.8. The topological polar surface area (TPSA) is 107 Å². The summed E-state index contributed by atoms with van der Waals surface area (Å²) in [5.41, 5.74) is 5.43. The third kappa shape index (κ3) is 4.55. The molecule has 1 aromatic carbocycles. The number of hydrazine groups is 2. The number of anilines is 1. The lowest BCUT2D eigenvalue weighted by molar-refractivity contribution is -0.0493. The number of hydrogen-bond donors (Lipinski definition) is 4. The largest absolute Gasteiger partial charge is 0.433 e. The molecule has 3 rings (SSSR count). The lowest BCUT2D eigenvalue weighted by Gasteiger charge is -2.17. The van der Waals surface area contributed by atoms with Gasteiger partial charge in [0.2, 0.25) is 5.96 Å². The van der Waals surface area contributed by atoms with Crippen LogP contribution in [0.3, 0.4) is 0 Å². The molecule has 2 amide bonds. The number of carbonyl (C=O) groups is 2. The van der Waals surface area contributed by atoms with Crippen molar-refractivity contribution in [2.75, 3.05) is 12.4 Å². The first-order valence-electron chi connectivity index (χ1n) is 8.04. The van der Waals surface area contributed by atoms with Crippen LogP contribution < -0.4 is 26.4 Å². The molecule has 0 saturated carbocycles. The minimum atomic E-state index is -3.15. The predicted octanol–water partition coefficient (Wildman–Crippen LogP) is 2.52. The van der Waals surface area contributed by atoms with Gasteiger partial charge in [-0.2, -0.15) is 8.78 Å². The molecule has 0 saturated heterocycles. The fraction of sp³-hybridized carbons (Fsp3) is 0.188. The number of benzene rings is 1. The Bertz CT molecular complexity index is 984. The van der Waals surface area contributed by atoms with Gasteiger partial charge in [0.05, 0.1) is 15.5 Å². The normalized spacial score (nSPS) is 13.2. The van der Waals surface area contributed by atoms with Gasteiger partial charge in [0.25, 0.3) is 11.8 Å². The fourth-order valence-corrected chi connectivity index (χ4v) is 3.49. The van der Waals surface area contributed by atoms with E-state index in [4.69, 9.17) is 11.6 Å². The highest BCUT2D eigenvalue weighted by Gasteiger charge is 2.24. The number of halogens is 3. The van der Waals surface area contributed by atoms with Crippen LogP contribution in [0.15, 0.2) is 28.7 Å². The third-order valence-corrected chi connectivity index (χ3v) is 5.20. The highest BCUT2D eigenvalue weighted by molar-refractivity contribution is 7.12. The Kier molecular flexibility index (Phi) is 6.15. The Labute approximate surface area is 172 Å². The number of aryl methyl sites for hydroxylation is 1.